The molecule has 0 fully saturated rings. The monoisotopic (exact) mass is 361 g/mol. The van der Waals surface area contributed by atoms with E-state index in [9.17, 15) is 25.6 Å². The van der Waals surface area contributed by atoms with E-state index in [4.69, 9.17) is 9.47 Å². The predicted molar refractivity (Wildman–Crippen MR) is 91.1 cm³/mol. The number of benzene rings is 2. The second-order valence-electron chi connectivity index (χ2n) is 5.90. The minimum absolute atomic E-state index is 0.0532. The van der Waals surface area contributed by atoms with Crippen molar-refractivity contribution in [3.05, 3.63) is 59.0 Å². The molecule has 1 heterocycles. The van der Waals surface area contributed by atoms with E-state index in [1.54, 1.807) is 12.1 Å². The van der Waals surface area contributed by atoms with E-state index < -0.39 is 17.4 Å². The quantitative estimate of drug-likeness (QED) is 0.562. The van der Waals surface area contributed by atoms with Crippen LogP contribution >= 0.6 is 0 Å². The van der Waals surface area contributed by atoms with Gasteiger partial charge in [-0.15, -0.1) is 0 Å². The van der Waals surface area contributed by atoms with Crippen molar-refractivity contribution in [2.24, 2.45) is 0 Å². The molecule has 0 radical (unpaired) electrons. The number of hydroxylamine groups is 2. The van der Waals surface area contributed by atoms with E-state index in [-0.39, 0.29) is 39.9 Å². The third kappa shape index (κ3) is 2.65. The fraction of sp³-hybridized carbons (Fsp3) is 0.222. The fourth-order valence-electron chi connectivity index (χ4n) is 2.98. The number of phenolic OH excluding ortho intramolecular Hbond substituents is 1. The zero-order valence-corrected chi connectivity index (χ0v) is 14.2. The van der Waals surface area contributed by atoms with Gasteiger partial charge >= 0.3 is 0 Å². The van der Waals surface area contributed by atoms with Crippen LogP contribution in [0.5, 0.6) is 17.2 Å². The summed E-state index contributed by atoms with van der Waals surface area (Å²) < 4.78 is 10.4. The van der Waals surface area contributed by atoms with Crippen LogP contribution < -0.4 is 9.47 Å². The number of rotatable bonds is 4. The molecule has 26 heavy (non-hydrogen) atoms. The summed E-state index contributed by atoms with van der Waals surface area (Å²) in [5, 5.41) is 51.4. The van der Waals surface area contributed by atoms with Gasteiger partial charge in [-0.3, -0.25) is 5.21 Å². The number of nitrogens with zero attached hydrogens (tertiary/aromatic N) is 1. The van der Waals surface area contributed by atoms with Gasteiger partial charge in [-0.1, -0.05) is 12.1 Å². The molecule has 0 saturated carbocycles. The summed E-state index contributed by atoms with van der Waals surface area (Å²) in [5.74, 6) is -0.899. The van der Waals surface area contributed by atoms with E-state index in [2.05, 4.69) is 0 Å². The fourth-order valence-corrected chi connectivity index (χ4v) is 2.98. The molecule has 0 spiro atoms. The summed E-state index contributed by atoms with van der Waals surface area (Å²) in [7, 11) is 2.82. The number of ether oxygens (including phenoxy) is 2. The molecular weight excluding hydrogens is 342 g/mol. The highest BCUT2D eigenvalue weighted by Crippen LogP contribution is 2.45. The lowest BCUT2D eigenvalue weighted by Crippen LogP contribution is -2.48. The van der Waals surface area contributed by atoms with Crippen molar-refractivity contribution < 1.29 is 35.1 Å². The normalized spacial score (nSPS) is 19.3. The first-order chi connectivity index (χ1) is 12.3. The first-order valence-electron chi connectivity index (χ1n) is 7.70. The Morgan fingerprint density at radius 3 is 2.12 bits per heavy atom. The predicted octanol–water partition coefficient (Wildman–Crippen LogP) is 2.24. The second-order valence-corrected chi connectivity index (χ2v) is 5.90. The van der Waals surface area contributed by atoms with E-state index in [0.717, 1.165) is 0 Å². The van der Waals surface area contributed by atoms with Crippen molar-refractivity contribution >= 4 is 5.76 Å². The Kier molecular flexibility index (Phi) is 4.31. The van der Waals surface area contributed by atoms with Crippen molar-refractivity contribution in [3.8, 4) is 17.2 Å². The topological polar surface area (TPSA) is 123 Å². The third-order valence-corrected chi connectivity index (χ3v) is 4.36. The summed E-state index contributed by atoms with van der Waals surface area (Å²) >= 11 is 0. The van der Waals surface area contributed by atoms with Gasteiger partial charge in [0.25, 0.3) is 5.88 Å². The maximum atomic E-state index is 11.2. The van der Waals surface area contributed by atoms with Gasteiger partial charge in [-0.05, 0) is 29.8 Å². The van der Waals surface area contributed by atoms with Crippen LogP contribution in [0.25, 0.3) is 5.76 Å². The number of aromatic hydroxyl groups is 1. The molecule has 8 nitrogen and oxygen atoms in total. The Morgan fingerprint density at radius 2 is 1.54 bits per heavy atom. The van der Waals surface area contributed by atoms with Crippen molar-refractivity contribution in [1.29, 1.82) is 0 Å². The lowest BCUT2D eigenvalue weighted by Gasteiger charge is -2.40. The molecular formula is C18H19NO7. The van der Waals surface area contributed by atoms with Gasteiger partial charge in [0.2, 0.25) is 0 Å². The molecule has 2 aromatic carbocycles. The summed E-state index contributed by atoms with van der Waals surface area (Å²) in [5.41, 5.74) is -1.32. The molecule has 1 atom stereocenters. The molecule has 1 aliphatic heterocycles. The van der Waals surface area contributed by atoms with Crippen molar-refractivity contribution in [1.82, 2.24) is 5.06 Å². The highest BCUT2D eigenvalue weighted by molar-refractivity contribution is 5.70. The molecule has 0 aromatic heterocycles. The smallest absolute Gasteiger partial charge is 0.258 e. The number of phenols is 1. The maximum Gasteiger partial charge on any atom is 0.258 e. The zero-order chi connectivity index (χ0) is 19.1. The van der Waals surface area contributed by atoms with E-state index >= 15 is 0 Å². The average Bonchev–Trinajstić information content (AvgIpc) is 2.65. The molecule has 5 N–H and O–H groups in total. The van der Waals surface area contributed by atoms with Crippen LogP contribution in [0, 0.1) is 0 Å². The minimum Gasteiger partial charge on any atom is -0.508 e. The lowest BCUT2D eigenvalue weighted by atomic mass is 9.87. The van der Waals surface area contributed by atoms with Gasteiger partial charge < -0.3 is 29.9 Å². The van der Waals surface area contributed by atoms with Gasteiger partial charge in [-0.2, -0.15) is 5.06 Å². The first-order valence-corrected chi connectivity index (χ1v) is 7.70. The second kappa shape index (κ2) is 6.32. The number of aliphatic hydroxyl groups is 3. The Hall–Kier alpha value is -3.10. The van der Waals surface area contributed by atoms with Crippen LogP contribution in [-0.4, -0.2) is 44.9 Å². The SMILES string of the molecule is COc1cc2c(cc1OC)[C@@](O)(Cc1ccc(O)cc1)N(O)C(O)=C2O. The standard InChI is InChI=1S/C18H19NO7/c1-25-14-7-12-13(8-15(14)26-2)18(23,19(24)17(22)16(12)21)9-10-3-5-11(20)6-4-10/h3-8,20-24H,9H2,1-2H3/t18-/m0/s1. The summed E-state index contributed by atoms with van der Waals surface area (Å²) in [4.78, 5) is 0. The van der Waals surface area contributed by atoms with Crippen molar-refractivity contribution in [2.45, 2.75) is 12.1 Å². The highest BCUT2D eigenvalue weighted by atomic mass is 16.6. The Morgan fingerprint density at radius 1 is 0.962 bits per heavy atom. The van der Waals surface area contributed by atoms with E-state index in [0.29, 0.717) is 5.56 Å². The summed E-state index contributed by atoms with van der Waals surface area (Å²) in [6, 6.07) is 8.82. The molecule has 0 saturated heterocycles. The van der Waals surface area contributed by atoms with Gasteiger partial charge in [0.15, 0.2) is 23.0 Å². The number of aliphatic hydroxyl groups excluding tert-OH is 2. The summed E-state index contributed by atoms with van der Waals surface area (Å²) in [6.07, 6.45) is -0.149. The molecule has 138 valence electrons. The van der Waals surface area contributed by atoms with Crippen LogP contribution in [0.15, 0.2) is 42.3 Å². The Labute approximate surface area is 149 Å². The van der Waals surface area contributed by atoms with Gasteiger partial charge in [0, 0.05) is 17.5 Å². The van der Waals surface area contributed by atoms with Crippen LogP contribution in [-0.2, 0) is 12.1 Å². The maximum absolute atomic E-state index is 11.2. The van der Waals surface area contributed by atoms with Crippen LogP contribution in [0.1, 0.15) is 16.7 Å². The molecule has 2 aromatic rings. The first kappa shape index (κ1) is 17.7. The van der Waals surface area contributed by atoms with E-state index in [1.165, 1.54) is 38.5 Å². The number of methoxy groups -OCH3 is 2. The average molecular weight is 361 g/mol. The molecule has 0 aliphatic carbocycles. The largest absolute Gasteiger partial charge is 0.508 e. The molecule has 3 rings (SSSR count). The van der Waals surface area contributed by atoms with E-state index in [1.807, 2.05) is 0 Å². The third-order valence-electron chi connectivity index (χ3n) is 4.36. The Balaban J connectivity index is 2.19. The molecule has 0 amide bonds. The zero-order valence-electron chi connectivity index (χ0n) is 14.2. The van der Waals surface area contributed by atoms with Gasteiger partial charge in [-0.25, -0.2) is 0 Å². The number of hydrogen-bond acceptors (Lipinski definition) is 8. The molecule has 0 bridgehead atoms. The summed E-state index contributed by atoms with van der Waals surface area (Å²) in [6.45, 7) is 0. The Bertz CT molecular complexity index is 863. The van der Waals surface area contributed by atoms with Gasteiger partial charge in [0.1, 0.15) is 5.75 Å². The number of fused-ring (bicyclic) bond motifs is 1. The highest BCUT2D eigenvalue weighted by Gasteiger charge is 2.46. The van der Waals surface area contributed by atoms with Crippen LogP contribution in [0.3, 0.4) is 0 Å². The van der Waals surface area contributed by atoms with Crippen LogP contribution in [0.2, 0.25) is 0 Å². The van der Waals surface area contributed by atoms with Crippen molar-refractivity contribution in [2.75, 3.05) is 14.2 Å². The molecule has 8 heteroatoms. The minimum atomic E-state index is -2.10. The van der Waals surface area contributed by atoms with Crippen molar-refractivity contribution in [3.63, 3.8) is 0 Å². The lowest BCUT2D eigenvalue weighted by molar-refractivity contribution is -0.267. The molecule has 1 aliphatic rings. The van der Waals surface area contributed by atoms with Crippen LogP contribution in [0.4, 0.5) is 0 Å². The molecule has 0 unspecified atom stereocenters. The van der Waals surface area contributed by atoms with Gasteiger partial charge in [0.05, 0.1) is 14.2 Å². The number of hydrogen-bond donors (Lipinski definition) is 5.